The van der Waals surface area contributed by atoms with E-state index in [2.05, 4.69) is 0 Å². The van der Waals surface area contributed by atoms with E-state index < -0.39 is 6.29 Å². The zero-order valence-corrected chi connectivity index (χ0v) is 15.4. The van der Waals surface area contributed by atoms with Gasteiger partial charge in [-0.25, -0.2) is 0 Å². The van der Waals surface area contributed by atoms with Crippen LogP contribution >= 0.6 is 0 Å². The normalized spacial score (nSPS) is 17.2. The zero-order chi connectivity index (χ0) is 18.4. The van der Waals surface area contributed by atoms with Crippen LogP contribution in [0.15, 0.2) is 12.1 Å². The average Bonchev–Trinajstić information content (AvgIpc) is 3.10. The lowest BCUT2D eigenvalue weighted by atomic mass is 10.1. The Kier molecular flexibility index (Phi) is 6.90. The first-order valence-electron chi connectivity index (χ1n) is 8.54. The van der Waals surface area contributed by atoms with E-state index in [0.29, 0.717) is 35.9 Å². The molecule has 1 saturated heterocycles. The number of amides is 1. The van der Waals surface area contributed by atoms with Gasteiger partial charge in [0, 0.05) is 32.5 Å². The minimum Gasteiger partial charge on any atom is -0.493 e. The van der Waals surface area contributed by atoms with Gasteiger partial charge in [0.2, 0.25) is 0 Å². The van der Waals surface area contributed by atoms with Gasteiger partial charge in [-0.2, -0.15) is 0 Å². The van der Waals surface area contributed by atoms with E-state index in [1.807, 2.05) is 6.92 Å². The van der Waals surface area contributed by atoms with Crippen molar-refractivity contribution in [2.24, 2.45) is 0 Å². The SMILES string of the molecule is CCCOc1cc(N)c(C(=O)N2CCC[C@H]2C(OC)OC)cc1OC. The van der Waals surface area contributed by atoms with Gasteiger partial charge in [0.1, 0.15) is 0 Å². The topological polar surface area (TPSA) is 83.3 Å². The van der Waals surface area contributed by atoms with Gasteiger partial charge in [-0.05, 0) is 25.3 Å². The Bertz CT molecular complexity index is 589. The van der Waals surface area contributed by atoms with E-state index in [1.54, 1.807) is 38.4 Å². The van der Waals surface area contributed by atoms with Crippen LogP contribution in [0.3, 0.4) is 0 Å². The summed E-state index contributed by atoms with van der Waals surface area (Å²) in [4.78, 5) is 14.8. The van der Waals surface area contributed by atoms with E-state index in [0.717, 1.165) is 19.3 Å². The maximum atomic E-state index is 13.0. The van der Waals surface area contributed by atoms with E-state index in [9.17, 15) is 4.79 Å². The van der Waals surface area contributed by atoms with Crippen LogP contribution in [-0.2, 0) is 9.47 Å². The smallest absolute Gasteiger partial charge is 0.256 e. The molecule has 0 unspecified atom stereocenters. The second-order valence-corrected chi connectivity index (χ2v) is 5.99. The third-order valence-corrected chi connectivity index (χ3v) is 4.37. The molecule has 1 aromatic carbocycles. The van der Waals surface area contributed by atoms with E-state index in [-0.39, 0.29) is 11.9 Å². The van der Waals surface area contributed by atoms with Gasteiger partial charge in [-0.3, -0.25) is 4.79 Å². The number of carbonyl (C=O) groups is 1. The van der Waals surface area contributed by atoms with Crippen LogP contribution < -0.4 is 15.2 Å². The summed E-state index contributed by atoms with van der Waals surface area (Å²) in [6.45, 7) is 3.21. The average molecular weight is 352 g/mol. The van der Waals surface area contributed by atoms with Crippen LogP contribution in [-0.4, -0.2) is 57.6 Å². The molecule has 1 fully saturated rings. The lowest BCUT2D eigenvalue weighted by Crippen LogP contribution is -2.44. The molecule has 1 aliphatic rings. The van der Waals surface area contributed by atoms with Crippen molar-refractivity contribution in [1.82, 2.24) is 4.90 Å². The first-order chi connectivity index (χ1) is 12.1. The van der Waals surface area contributed by atoms with Crippen molar-refractivity contribution < 1.29 is 23.7 Å². The molecule has 7 heteroatoms. The van der Waals surface area contributed by atoms with Gasteiger partial charge in [0.05, 0.1) is 25.3 Å². The highest BCUT2D eigenvalue weighted by atomic mass is 16.7. The van der Waals surface area contributed by atoms with Crippen molar-refractivity contribution in [3.8, 4) is 11.5 Å². The molecule has 1 aromatic rings. The Morgan fingerprint density at radius 1 is 1.28 bits per heavy atom. The number of rotatable bonds is 8. The number of nitrogen functional groups attached to an aromatic ring is 1. The predicted molar refractivity (Wildman–Crippen MR) is 95.1 cm³/mol. The number of hydrogen-bond acceptors (Lipinski definition) is 6. The van der Waals surface area contributed by atoms with E-state index in [4.69, 9.17) is 24.7 Å². The Morgan fingerprint density at radius 3 is 2.60 bits per heavy atom. The number of anilines is 1. The zero-order valence-electron chi connectivity index (χ0n) is 15.4. The molecule has 2 N–H and O–H groups in total. The van der Waals surface area contributed by atoms with Gasteiger partial charge in [0.25, 0.3) is 5.91 Å². The minimum absolute atomic E-state index is 0.135. The monoisotopic (exact) mass is 352 g/mol. The summed E-state index contributed by atoms with van der Waals surface area (Å²) in [6.07, 6.45) is 2.14. The molecule has 0 spiro atoms. The van der Waals surface area contributed by atoms with Crippen LogP contribution in [0.25, 0.3) is 0 Å². The second kappa shape index (κ2) is 8.92. The maximum Gasteiger partial charge on any atom is 0.256 e. The predicted octanol–water partition coefficient (Wildman–Crippen LogP) is 2.29. The highest BCUT2D eigenvalue weighted by Crippen LogP contribution is 2.34. The minimum atomic E-state index is -0.457. The molecule has 2 rings (SSSR count). The molecule has 0 saturated carbocycles. The number of hydrogen-bond donors (Lipinski definition) is 1. The number of methoxy groups -OCH3 is 3. The van der Waals surface area contributed by atoms with Crippen LogP contribution in [0.1, 0.15) is 36.5 Å². The molecular weight excluding hydrogens is 324 g/mol. The summed E-state index contributed by atoms with van der Waals surface area (Å²) in [7, 11) is 4.70. The molecule has 0 aromatic heterocycles. The lowest BCUT2D eigenvalue weighted by Gasteiger charge is -2.30. The third-order valence-electron chi connectivity index (χ3n) is 4.37. The molecule has 0 aliphatic carbocycles. The molecule has 1 aliphatic heterocycles. The van der Waals surface area contributed by atoms with Crippen LogP contribution in [0, 0.1) is 0 Å². The fourth-order valence-corrected chi connectivity index (χ4v) is 3.14. The molecule has 25 heavy (non-hydrogen) atoms. The van der Waals surface area contributed by atoms with Gasteiger partial charge >= 0.3 is 0 Å². The lowest BCUT2D eigenvalue weighted by molar-refractivity contribution is -0.134. The number of nitrogens with zero attached hydrogens (tertiary/aromatic N) is 1. The van der Waals surface area contributed by atoms with Crippen molar-refractivity contribution in [3.63, 3.8) is 0 Å². The quantitative estimate of drug-likeness (QED) is 0.571. The molecule has 0 radical (unpaired) electrons. The fourth-order valence-electron chi connectivity index (χ4n) is 3.14. The van der Waals surface area contributed by atoms with Gasteiger partial charge < -0.3 is 29.6 Å². The number of likely N-dealkylation sites (tertiary alicyclic amines) is 1. The van der Waals surface area contributed by atoms with Crippen molar-refractivity contribution in [3.05, 3.63) is 17.7 Å². The van der Waals surface area contributed by atoms with Crippen LogP contribution in [0.5, 0.6) is 11.5 Å². The summed E-state index contributed by atoms with van der Waals surface area (Å²) in [5.41, 5.74) is 6.90. The number of carbonyl (C=O) groups excluding carboxylic acids is 1. The summed E-state index contributed by atoms with van der Waals surface area (Å²) in [5.74, 6) is 0.888. The number of benzene rings is 1. The van der Waals surface area contributed by atoms with Gasteiger partial charge in [-0.1, -0.05) is 6.92 Å². The van der Waals surface area contributed by atoms with Crippen molar-refractivity contribution in [2.75, 3.05) is 40.2 Å². The maximum absolute atomic E-state index is 13.0. The molecule has 7 nitrogen and oxygen atoms in total. The number of ether oxygens (including phenoxy) is 4. The summed E-state index contributed by atoms with van der Waals surface area (Å²) in [5, 5.41) is 0. The highest BCUT2D eigenvalue weighted by molar-refractivity contribution is 6.00. The Balaban J connectivity index is 2.29. The molecule has 1 amide bonds. The number of nitrogens with two attached hydrogens (primary N) is 1. The molecule has 1 atom stereocenters. The Morgan fingerprint density at radius 2 is 2.00 bits per heavy atom. The first kappa shape index (κ1) is 19.3. The van der Waals surface area contributed by atoms with Crippen molar-refractivity contribution in [2.45, 2.75) is 38.5 Å². The third kappa shape index (κ3) is 4.16. The highest BCUT2D eigenvalue weighted by Gasteiger charge is 2.36. The Labute approximate surface area is 149 Å². The van der Waals surface area contributed by atoms with Crippen LogP contribution in [0.2, 0.25) is 0 Å². The Hall–Kier alpha value is -1.99. The molecule has 140 valence electrons. The molecule has 0 bridgehead atoms. The van der Waals surface area contributed by atoms with Gasteiger partial charge in [-0.15, -0.1) is 0 Å². The van der Waals surface area contributed by atoms with Crippen molar-refractivity contribution in [1.29, 1.82) is 0 Å². The summed E-state index contributed by atoms with van der Waals surface area (Å²) in [6, 6.07) is 3.16. The van der Waals surface area contributed by atoms with E-state index >= 15 is 0 Å². The van der Waals surface area contributed by atoms with Crippen LogP contribution in [0.4, 0.5) is 5.69 Å². The molecular formula is C18H28N2O5. The summed E-state index contributed by atoms with van der Waals surface area (Å²) >= 11 is 0. The first-order valence-corrected chi connectivity index (χ1v) is 8.54. The molecule has 1 heterocycles. The van der Waals surface area contributed by atoms with Gasteiger partial charge in [0.15, 0.2) is 17.8 Å². The largest absolute Gasteiger partial charge is 0.493 e. The standard InChI is InChI=1S/C18H28N2O5/c1-5-9-25-16-11-13(19)12(10-15(16)22-2)17(21)20-8-6-7-14(20)18(23-3)24-4/h10-11,14,18H,5-9,19H2,1-4H3/t14-/m0/s1. The summed E-state index contributed by atoms with van der Waals surface area (Å²) < 4.78 is 21.7. The second-order valence-electron chi connectivity index (χ2n) is 5.99. The fraction of sp³-hybridized carbons (Fsp3) is 0.611. The van der Waals surface area contributed by atoms with E-state index in [1.165, 1.54) is 0 Å². The van der Waals surface area contributed by atoms with Crippen molar-refractivity contribution >= 4 is 11.6 Å².